The van der Waals surface area contributed by atoms with E-state index in [0.29, 0.717) is 5.69 Å². The number of rotatable bonds is 2. The topological polar surface area (TPSA) is 67.9 Å². The lowest BCUT2D eigenvalue weighted by Gasteiger charge is -2.06. The SMILES string of the molecule is C.COC(=O)c1cnc(Cl)nc1-c1c[nH]c2ccccc12. The number of para-hydroxylation sites is 1. The lowest BCUT2D eigenvalue weighted by molar-refractivity contribution is 0.0601. The average Bonchev–Trinajstić information content (AvgIpc) is 2.90. The molecule has 5 nitrogen and oxygen atoms in total. The van der Waals surface area contributed by atoms with Gasteiger partial charge in [0.25, 0.3) is 0 Å². The zero-order chi connectivity index (χ0) is 14.1. The van der Waals surface area contributed by atoms with Crippen LogP contribution in [0.15, 0.2) is 36.7 Å². The van der Waals surface area contributed by atoms with E-state index < -0.39 is 5.97 Å². The summed E-state index contributed by atoms with van der Waals surface area (Å²) in [6.45, 7) is 0. The lowest BCUT2D eigenvalue weighted by Crippen LogP contribution is -2.06. The van der Waals surface area contributed by atoms with Crippen LogP contribution in [0.1, 0.15) is 17.8 Å². The molecule has 0 aliphatic carbocycles. The maximum atomic E-state index is 11.8. The number of nitrogens with one attached hydrogen (secondary N) is 1. The Balaban J connectivity index is 0.00000161. The van der Waals surface area contributed by atoms with Crippen LogP contribution in [0.2, 0.25) is 5.28 Å². The van der Waals surface area contributed by atoms with Crippen LogP contribution in [0, 0.1) is 0 Å². The normalized spacial score (nSPS) is 10.2. The summed E-state index contributed by atoms with van der Waals surface area (Å²) in [7, 11) is 1.32. The highest BCUT2D eigenvalue weighted by molar-refractivity contribution is 6.28. The summed E-state index contributed by atoms with van der Waals surface area (Å²) in [6.07, 6.45) is 3.16. The number of H-pyrrole nitrogens is 1. The number of ether oxygens (including phenoxy) is 1. The van der Waals surface area contributed by atoms with Crippen molar-refractivity contribution in [2.24, 2.45) is 0 Å². The minimum Gasteiger partial charge on any atom is -0.465 e. The zero-order valence-corrected chi connectivity index (χ0v) is 11.3. The van der Waals surface area contributed by atoms with Crippen LogP contribution in [0.4, 0.5) is 0 Å². The summed E-state index contributed by atoms with van der Waals surface area (Å²) in [4.78, 5) is 23.0. The number of hydrogen-bond donors (Lipinski definition) is 1. The predicted octanol–water partition coefficient (Wildman–Crippen LogP) is 3.70. The number of nitrogens with zero attached hydrogens (tertiary/aromatic N) is 2. The first kappa shape index (κ1) is 15.0. The molecule has 0 unspecified atom stereocenters. The highest BCUT2D eigenvalue weighted by Gasteiger charge is 2.18. The number of carbonyl (C=O) groups is 1. The zero-order valence-electron chi connectivity index (χ0n) is 10.6. The van der Waals surface area contributed by atoms with E-state index in [2.05, 4.69) is 15.0 Å². The quantitative estimate of drug-likeness (QED) is 0.579. The van der Waals surface area contributed by atoms with Crippen LogP contribution < -0.4 is 0 Å². The molecule has 0 saturated carbocycles. The smallest absolute Gasteiger partial charge is 0.341 e. The summed E-state index contributed by atoms with van der Waals surface area (Å²) >= 11 is 5.85. The summed E-state index contributed by atoms with van der Waals surface area (Å²) < 4.78 is 4.75. The molecule has 108 valence electrons. The lowest BCUT2D eigenvalue weighted by atomic mass is 10.1. The van der Waals surface area contributed by atoms with E-state index in [1.807, 2.05) is 24.3 Å². The molecule has 21 heavy (non-hydrogen) atoms. The van der Waals surface area contributed by atoms with Crippen molar-refractivity contribution in [3.05, 3.63) is 47.5 Å². The molecule has 3 rings (SSSR count). The van der Waals surface area contributed by atoms with Gasteiger partial charge in [0.05, 0.1) is 12.8 Å². The Kier molecular flexibility index (Phi) is 4.23. The Hall–Kier alpha value is -2.40. The number of hydrogen-bond acceptors (Lipinski definition) is 4. The fraction of sp³-hybridized carbons (Fsp3) is 0.133. The van der Waals surface area contributed by atoms with Crippen molar-refractivity contribution < 1.29 is 9.53 Å². The highest BCUT2D eigenvalue weighted by atomic mass is 35.5. The maximum absolute atomic E-state index is 11.8. The molecular formula is C15H14ClN3O2. The molecule has 0 fully saturated rings. The Morgan fingerprint density at radius 3 is 2.86 bits per heavy atom. The standard InChI is InChI=1S/C14H10ClN3O2.CH4/c1-20-13(19)10-7-17-14(15)18-12(10)9-6-16-11-5-3-2-4-8(9)11;/h2-7,16H,1H3;1H4. The highest BCUT2D eigenvalue weighted by Crippen LogP contribution is 2.30. The summed E-state index contributed by atoms with van der Waals surface area (Å²) in [5.41, 5.74) is 2.47. The molecule has 1 N–H and O–H groups in total. The molecule has 0 bridgehead atoms. The van der Waals surface area contributed by atoms with Gasteiger partial charge in [0.1, 0.15) is 5.56 Å². The van der Waals surface area contributed by atoms with Crippen LogP contribution in [0.5, 0.6) is 0 Å². The Morgan fingerprint density at radius 1 is 1.33 bits per heavy atom. The monoisotopic (exact) mass is 303 g/mol. The molecule has 0 saturated heterocycles. The number of aromatic amines is 1. The van der Waals surface area contributed by atoms with Crippen LogP contribution in [0.3, 0.4) is 0 Å². The summed E-state index contributed by atoms with van der Waals surface area (Å²) in [6, 6.07) is 7.73. The molecule has 0 spiro atoms. The van der Waals surface area contributed by atoms with E-state index in [0.717, 1.165) is 16.5 Å². The first-order chi connectivity index (χ1) is 9.70. The third kappa shape index (κ3) is 2.60. The number of fused-ring (bicyclic) bond motifs is 1. The second kappa shape index (κ2) is 5.93. The third-order valence-corrected chi connectivity index (χ3v) is 3.19. The van der Waals surface area contributed by atoms with Crippen molar-refractivity contribution >= 4 is 28.5 Å². The van der Waals surface area contributed by atoms with Gasteiger partial charge in [-0.15, -0.1) is 0 Å². The first-order valence-corrected chi connectivity index (χ1v) is 6.26. The fourth-order valence-electron chi connectivity index (χ4n) is 2.09. The summed E-state index contributed by atoms with van der Waals surface area (Å²) in [5, 5.41) is 1.03. The van der Waals surface area contributed by atoms with Gasteiger partial charge in [0.15, 0.2) is 0 Å². The van der Waals surface area contributed by atoms with Gasteiger partial charge < -0.3 is 9.72 Å². The third-order valence-electron chi connectivity index (χ3n) is 3.01. The number of aromatic nitrogens is 3. The Morgan fingerprint density at radius 2 is 2.10 bits per heavy atom. The molecule has 6 heteroatoms. The molecule has 0 aliphatic heterocycles. The number of esters is 1. The predicted molar refractivity (Wildman–Crippen MR) is 82.4 cm³/mol. The van der Waals surface area contributed by atoms with Gasteiger partial charge >= 0.3 is 5.97 Å². The largest absolute Gasteiger partial charge is 0.465 e. The number of methoxy groups -OCH3 is 1. The Bertz CT molecular complexity index is 798. The van der Waals surface area contributed by atoms with Crippen molar-refractivity contribution in [1.29, 1.82) is 0 Å². The van der Waals surface area contributed by atoms with E-state index in [4.69, 9.17) is 16.3 Å². The molecule has 3 aromatic rings. The molecule has 0 atom stereocenters. The molecular weight excluding hydrogens is 290 g/mol. The van der Waals surface area contributed by atoms with E-state index in [1.165, 1.54) is 13.3 Å². The molecule has 1 aromatic carbocycles. The van der Waals surface area contributed by atoms with Gasteiger partial charge in [-0.05, 0) is 17.7 Å². The van der Waals surface area contributed by atoms with Crippen molar-refractivity contribution in [1.82, 2.24) is 15.0 Å². The van der Waals surface area contributed by atoms with E-state index in [-0.39, 0.29) is 18.3 Å². The minimum absolute atomic E-state index is 0. The van der Waals surface area contributed by atoms with E-state index in [1.54, 1.807) is 6.20 Å². The van der Waals surface area contributed by atoms with Gasteiger partial charge in [0, 0.05) is 28.9 Å². The van der Waals surface area contributed by atoms with Crippen LogP contribution in [-0.4, -0.2) is 28.0 Å². The summed E-state index contributed by atoms with van der Waals surface area (Å²) in [5.74, 6) is -0.498. The Labute approximate surface area is 126 Å². The van der Waals surface area contributed by atoms with Gasteiger partial charge in [-0.25, -0.2) is 14.8 Å². The molecule has 2 heterocycles. The van der Waals surface area contributed by atoms with Gasteiger partial charge in [-0.1, -0.05) is 25.6 Å². The maximum Gasteiger partial charge on any atom is 0.341 e. The molecule has 0 amide bonds. The second-order valence-electron chi connectivity index (χ2n) is 4.14. The first-order valence-electron chi connectivity index (χ1n) is 5.88. The molecule has 0 aliphatic rings. The molecule has 2 aromatic heterocycles. The number of halogens is 1. The van der Waals surface area contributed by atoms with Gasteiger partial charge in [-0.2, -0.15) is 0 Å². The fourth-order valence-corrected chi connectivity index (χ4v) is 2.23. The van der Waals surface area contributed by atoms with Gasteiger partial charge in [-0.3, -0.25) is 0 Å². The van der Waals surface area contributed by atoms with Gasteiger partial charge in [0.2, 0.25) is 5.28 Å². The van der Waals surface area contributed by atoms with E-state index in [9.17, 15) is 4.79 Å². The minimum atomic E-state index is -0.498. The van der Waals surface area contributed by atoms with Crippen molar-refractivity contribution in [3.63, 3.8) is 0 Å². The average molecular weight is 304 g/mol. The number of benzene rings is 1. The van der Waals surface area contributed by atoms with Crippen LogP contribution >= 0.6 is 11.6 Å². The van der Waals surface area contributed by atoms with Crippen molar-refractivity contribution in [2.75, 3.05) is 7.11 Å². The number of carbonyl (C=O) groups excluding carboxylic acids is 1. The van der Waals surface area contributed by atoms with Crippen LogP contribution in [0.25, 0.3) is 22.2 Å². The van der Waals surface area contributed by atoms with E-state index >= 15 is 0 Å². The van der Waals surface area contributed by atoms with Crippen molar-refractivity contribution in [3.8, 4) is 11.3 Å². The second-order valence-corrected chi connectivity index (χ2v) is 4.48. The molecule has 0 radical (unpaired) electrons. The van der Waals surface area contributed by atoms with Crippen molar-refractivity contribution in [2.45, 2.75) is 7.43 Å². The van der Waals surface area contributed by atoms with Crippen LogP contribution in [-0.2, 0) is 4.74 Å².